The van der Waals surface area contributed by atoms with Crippen molar-refractivity contribution in [2.45, 2.75) is 20.3 Å². The third-order valence-corrected chi connectivity index (χ3v) is 1.17. The molecule has 0 aromatic carbocycles. The van der Waals surface area contributed by atoms with Crippen molar-refractivity contribution >= 4 is 11.6 Å². The molecule has 1 heteroatoms. The van der Waals surface area contributed by atoms with Gasteiger partial charge < -0.3 is 0 Å². The molecule has 0 heterocycles. The van der Waals surface area contributed by atoms with Crippen LogP contribution in [0.1, 0.15) is 20.3 Å². The Bertz CT molecular complexity index is 112. The standard InChI is InChI=1S/C8H13Cl/c1-3-5-8(2)6-4-7-9/h4-6H,3,7H2,1-2H3/b6-4-,8-5-. The maximum Gasteiger partial charge on any atom is 0.0407 e. The summed E-state index contributed by atoms with van der Waals surface area (Å²) in [6.45, 7) is 4.20. The molecule has 0 spiro atoms. The molecule has 0 rings (SSSR count). The smallest absolute Gasteiger partial charge is 0.0407 e. The van der Waals surface area contributed by atoms with Crippen LogP contribution in [-0.2, 0) is 0 Å². The van der Waals surface area contributed by atoms with Crippen LogP contribution in [0.4, 0.5) is 0 Å². The summed E-state index contributed by atoms with van der Waals surface area (Å²) in [4.78, 5) is 0. The van der Waals surface area contributed by atoms with Crippen molar-refractivity contribution in [1.82, 2.24) is 0 Å². The van der Waals surface area contributed by atoms with Crippen molar-refractivity contribution in [3.8, 4) is 0 Å². The molecule has 0 saturated heterocycles. The van der Waals surface area contributed by atoms with E-state index in [1.54, 1.807) is 0 Å². The predicted molar refractivity (Wildman–Crippen MR) is 43.9 cm³/mol. The monoisotopic (exact) mass is 144 g/mol. The lowest BCUT2D eigenvalue weighted by atomic mass is 10.2. The second-order valence-corrected chi connectivity index (χ2v) is 2.22. The van der Waals surface area contributed by atoms with E-state index in [1.165, 1.54) is 5.57 Å². The summed E-state index contributed by atoms with van der Waals surface area (Å²) in [7, 11) is 0. The molecule has 0 unspecified atom stereocenters. The van der Waals surface area contributed by atoms with Crippen molar-refractivity contribution in [3.05, 3.63) is 23.8 Å². The molecule has 0 aromatic heterocycles. The second kappa shape index (κ2) is 5.90. The maximum absolute atomic E-state index is 5.43. The Hall–Kier alpha value is -0.230. The number of hydrogen-bond acceptors (Lipinski definition) is 0. The fourth-order valence-corrected chi connectivity index (χ4v) is 0.710. The van der Waals surface area contributed by atoms with Crippen LogP contribution in [0.15, 0.2) is 23.8 Å². The average molecular weight is 145 g/mol. The summed E-state index contributed by atoms with van der Waals surface area (Å²) in [5, 5.41) is 0. The summed E-state index contributed by atoms with van der Waals surface area (Å²) in [6.07, 6.45) is 7.25. The number of alkyl halides is 1. The number of hydrogen-bond donors (Lipinski definition) is 0. The molecule has 0 nitrogen and oxygen atoms in total. The summed E-state index contributed by atoms with van der Waals surface area (Å²) >= 11 is 5.43. The van der Waals surface area contributed by atoms with Gasteiger partial charge in [-0.2, -0.15) is 0 Å². The van der Waals surface area contributed by atoms with E-state index in [0.29, 0.717) is 5.88 Å². The number of rotatable bonds is 3. The molecule has 0 aliphatic heterocycles. The van der Waals surface area contributed by atoms with E-state index in [0.717, 1.165) is 6.42 Å². The van der Waals surface area contributed by atoms with E-state index in [4.69, 9.17) is 11.6 Å². The highest BCUT2D eigenvalue weighted by Crippen LogP contribution is 1.96. The van der Waals surface area contributed by atoms with Crippen molar-refractivity contribution in [2.75, 3.05) is 5.88 Å². The van der Waals surface area contributed by atoms with Crippen LogP contribution in [0.25, 0.3) is 0 Å². The van der Waals surface area contributed by atoms with E-state index in [-0.39, 0.29) is 0 Å². The van der Waals surface area contributed by atoms with Gasteiger partial charge in [0.1, 0.15) is 0 Å². The molecule has 0 radical (unpaired) electrons. The average Bonchev–Trinajstić information content (AvgIpc) is 1.85. The fourth-order valence-electron chi connectivity index (χ4n) is 0.620. The van der Waals surface area contributed by atoms with Gasteiger partial charge in [-0.05, 0) is 13.3 Å². The summed E-state index contributed by atoms with van der Waals surface area (Å²) in [5.74, 6) is 0.606. The molecule has 0 fully saturated rings. The minimum atomic E-state index is 0.606. The number of halogens is 1. The van der Waals surface area contributed by atoms with E-state index >= 15 is 0 Å². The molecule has 0 saturated carbocycles. The maximum atomic E-state index is 5.43. The van der Waals surface area contributed by atoms with Crippen LogP contribution in [0.2, 0.25) is 0 Å². The summed E-state index contributed by atoms with van der Waals surface area (Å²) in [6, 6.07) is 0. The van der Waals surface area contributed by atoms with Crippen molar-refractivity contribution < 1.29 is 0 Å². The van der Waals surface area contributed by atoms with Gasteiger partial charge in [0.05, 0.1) is 0 Å². The molecule has 52 valence electrons. The molecule has 0 atom stereocenters. The molecule has 0 aromatic rings. The Morgan fingerprint density at radius 2 is 2.22 bits per heavy atom. The zero-order chi connectivity index (χ0) is 7.11. The van der Waals surface area contributed by atoms with Crippen molar-refractivity contribution in [3.63, 3.8) is 0 Å². The molecule has 9 heavy (non-hydrogen) atoms. The van der Waals surface area contributed by atoms with E-state index in [2.05, 4.69) is 19.9 Å². The second-order valence-electron chi connectivity index (χ2n) is 1.91. The molecule has 0 aliphatic rings. The Balaban J connectivity index is 3.60. The van der Waals surface area contributed by atoms with Crippen LogP contribution >= 0.6 is 11.6 Å². The van der Waals surface area contributed by atoms with Crippen LogP contribution in [0, 0.1) is 0 Å². The largest absolute Gasteiger partial charge is 0.122 e. The topological polar surface area (TPSA) is 0 Å². The highest BCUT2D eigenvalue weighted by Gasteiger charge is 1.76. The van der Waals surface area contributed by atoms with Gasteiger partial charge in [0, 0.05) is 5.88 Å². The molecular formula is C8H13Cl. The van der Waals surface area contributed by atoms with E-state index < -0.39 is 0 Å². The van der Waals surface area contributed by atoms with Gasteiger partial charge in [-0.3, -0.25) is 0 Å². The minimum Gasteiger partial charge on any atom is -0.122 e. The van der Waals surface area contributed by atoms with Gasteiger partial charge in [0.25, 0.3) is 0 Å². The lowest BCUT2D eigenvalue weighted by Gasteiger charge is -1.86. The molecule has 0 bridgehead atoms. The first-order chi connectivity index (χ1) is 4.31. The Morgan fingerprint density at radius 3 is 2.67 bits per heavy atom. The van der Waals surface area contributed by atoms with Crippen LogP contribution in [0.3, 0.4) is 0 Å². The van der Waals surface area contributed by atoms with Gasteiger partial charge in [-0.25, -0.2) is 0 Å². The molecule has 0 N–H and O–H groups in total. The Morgan fingerprint density at radius 1 is 1.56 bits per heavy atom. The van der Waals surface area contributed by atoms with Gasteiger partial charge in [0.2, 0.25) is 0 Å². The third kappa shape index (κ3) is 5.64. The van der Waals surface area contributed by atoms with E-state index in [9.17, 15) is 0 Å². The minimum absolute atomic E-state index is 0.606. The van der Waals surface area contributed by atoms with E-state index in [1.807, 2.05) is 12.2 Å². The molecule has 0 amide bonds. The quantitative estimate of drug-likeness (QED) is 0.422. The normalized spacial score (nSPS) is 13.0. The van der Waals surface area contributed by atoms with Gasteiger partial charge in [-0.15, -0.1) is 11.6 Å². The molecule has 0 aliphatic carbocycles. The van der Waals surface area contributed by atoms with Crippen LogP contribution < -0.4 is 0 Å². The highest BCUT2D eigenvalue weighted by atomic mass is 35.5. The molecular weight excluding hydrogens is 132 g/mol. The van der Waals surface area contributed by atoms with Crippen LogP contribution in [0.5, 0.6) is 0 Å². The summed E-state index contributed by atoms with van der Waals surface area (Å²) in [5.41, 5.74) is 1.29. The van der Waals surface area contributed by atoms with Crippen molar-refractivity contribution in [2.24, 2.45) is 0 Å². The zero-order valence-corrected chi connectivity index (χ0v) is 6.78. The lowest BCUT2D eigenvalue weighted by Crippen LogP contribution is -1.67. The summed E-state index contributed by atoms with van der Waals surface area (Å²) < 4.78 is 0. The van der Waals surface area contributed by atoms with Gasteiger partial charge in [0.15, 0.2) is 0 Å². The first-order valence-electron chi connectivity index (χ1n) is 3.20. The lowest BCUT2D eigenvalue weighted by molar-refractivity contribution is 1.20. The number of allylic oxidation sites excluding steroid dienone is 4. The van der Waals surface area contributed by atoms with Gasteiger partial charge in [-0.1, -0.05) is 30.7 Å². The highest BCUT2D eigenvalue weighted by molar-refractivity contribution is 6.18. The van der Waals surface area contributed by atoms with Crippen LogP contribution in [-0.4, -0.2) is 5.88 Å². The van der Waals surface area contributed by atoms with Gasteiger partial charge >= 0.3 is 0 Å². The predicted octanol–water partition coefficient (Wildman–Crippen LogP) is 3.14. The first kappa shape index (κ1) is 8.77. The zero-order valence-electron chi connectivity index (χ0n) is 6.02. The fraction of sp³-hybridized carbons (Fsp3) is 0.500. The third-order valence-electron chi connectivity index (χ3n) is 0.996. The van der Waals surface area contributed by atoms with Crippen molar-refractivity contribution in [1.29, 1.82) is 0 Å². The Labute approximate surface area is 62.2 Å². The Kier molecular flexibility index (Phi) is 5.75. The first-order valence-corrected chi connectivity index (χ1v) is 3.74. The SMILES string of the molecule is CC/C=C(C)\C=C/CCl.